The molecule has 0 saturated carbocycles. The van der Waals surface area contributed by atoms with Crippen LogP contribution in [0.4, 0.5) is 0 Å². The fourth-order valence-electron chi connectivity index (χ4n) is 2.65. The molecule has 0 spiro atoms. The molecule has 1 saturated heterocycles. The van der Waals surface area contributed by atoms with Crippen LogP contribution < -0.4 is 0 Å². The monoisotopic (exact) mass is 252 g/mol. The normalized spacial score (nSPS) is 27.6. The Morgan fingerprint density at radius 3 is 2.50 bits per heavy atom. The van der Waals surface area contributed by atoms with Crippen LogP contribution in [0.5, 0.6) is 0 Å². The van der Waals surface area contributed by atoms with Crippen LogP contribution in [0.15, 0.2) is 16.6 Å². The van der Waals surface area contributed by atoms with Gasteiger partial charge < -0.3 is 14.4 Å². The minimum atomic E-state index is -0.504. The maximum absolute atomic E-state index is 11.8. The highest BCUT2D eigenvalue weighted by atomic mass is 16.5. The lowest BCUT2D eigenvalue weighted by molar-refractivity contribution is -0.117. The van der Waals surface area contributed by atoms with Crippen LogP contribution in [0.2, 0.25) is 0 Å². The number of methoxy groups -OCH3 is 2. The summed E-state index contributed by atoms with van der Waals surface area (Å²) >= 11 is 0. The number of hydrogen-bond donors (Lipinski definition) is 0. The van der Waals surface area contributed by atoms with Crippen LogP contribution in [-0.2, 0) is 14.3 Å². The van der Waals surface area contributed by atoms with Gasteiger partial charge in [0.25, 0.3) is 0 Å². The summed E-state index contributed by atoms with van der Waals surface area (Å²) < 4.78 is 10.9. The molecule has 18 heavy (non-hydrogen) atoms. The summed E-state index contributed by atoms with van der Waals surface area (Å²) in [6, 6.07) is 0. The Morgan fingerprint density at radius 2 is 2.00 bits per heavy atom. The highest BCUT2D eigenvalue weighted by Gasteiger charge is 2.51. The van der Waals surface area contributed by atoms with E-state index in [-0.39, 0.29) is 11.7 Å². The molecule has 2 rings (SSSR count). The highest BCUT2D eigenvalue weighted by Crippen LogP contribution is 2.39. The predicted molar refractivity (Wildman–Crippen MR) is 68.1 cm³/mol. The van der Waals surface area contributed by atoms with Crippen LogP contribution in [0, 0.1) is 5.92 Å². The zero-order valence-corrected chi connectivity index (χ0v) is 11.6. The first-order valence-electron chi connectivity index (χ1n) is 6.14. The number of carbonyl (C=O) groups is 1. The van der Waals surface area contributed by atoms with E-state index in [9.17, 15) is 4.79 Å². The molecule has 0 aliphatic carbocycles. The standard InChI is InChI=1S/C13H20N2O3/c1-8(2)10-11(17-4)15-7-9(16)6-13(15,3)12(14-10)18-5/h8H,6-7H2,1-5H3. The van der Waals surface area contributed by atoms with Gasteiger partial charge >= 0.3 is 0 Å². The van der Waals surface area contributed by atoms with Gasteiger partial charge in [0, 0.05) is 12.3 Å². The average Bonchev–Trinajstić information content (AvgIpc) is 2.61. The summed E-state index contributed by atoms with van der Waals surface area (Å²) in [5.41, 5.74) is 0.330. The fraction of sp³-hybridized carbons (Fsp3) is 0.692. The van der Waals surface area contributed by atoms with Crippen molar-refractivity contribution < 1.29 is 14.3 Å². The van der Waals surface area contributed by atoms with Gasteiger partial charge in [0.2, 0.25) is 11.8 Å². The van der Waals surface area contributed by atoms with Gasteiger partial charge in [-0.25, -0.2) is 4.99 Å². The summed E-state index contributed by atoms with van der Waals surface area (Å²) in [6.45, 7) is 6.42. The second-order valence-corrected chi connectivity index (χ2v) is 5.25. The van der Waals surface area contributed by atoms with E-state index in [1.165, 1.54) is 0 Å². The topological polar surface area (TPSA) is 51.1 Å². The maximum Gasteiger partial charge on any atom is 0.215 e. The molecule has 0 N–H and O–H groups in total. The second-order valence-electron chi connectivity index (χ2n) is 5.25. The maximum atomic E-state index is 11.8. The summed E-state index contributed by atoms with van der Waals surface area (Å²) in [5.74, 6) is 1.68. The number of aliphatic imine (C=N–C) groups is 1. The SMILES string of the molecule is COC1=NC(C(C)C)=C(OC)N2CC(=O)CC12C. The molecular weight excluding hydrogens is 232 g/mol. The lowest BCUT2D eigenvalue weighted by Gasteiger charge is -2.40. The van der Waals surface area contributed by atoms with E-state index in [0.717, 1.165) is 5.70 Å². The molecule has 2 aliphatic heterocycles. The van der Waals surface area contributed by atoms with Gasteiger partial charge in [-0.1, -0.05) is 13.8 Å². The number of ether oxygens (including phenoxy) is 2. The first-order chi connectivity index (χ1) is 8.43. The van der Waals surface area contributed by atoms with Crippen molar-refractivity contribution in [2.45, 2.75) is 32.7 Å². The van der Waals surface area contributed by atoms with Crippen molar-refractivity contribution in [1.29, 1.82) is 0 Å². The van der Waals surface area contributed by atoms with Crippen LogP contribution in [0.3, 0.4) is 0 Å². The van der Waals surface area contributed by atoms with Gasteiger partial charge in [0.15, 0.2) is 5.78 Å². The summed E-state index contributed by atoms with van der Waals surface area (Å²) in [6.07, 6.45) is 0.415. The molecule has 5 heteroatoms. The lowest BCUT2D eigenvalue weighted by Crippen LogP contribution is -2.51. The molecule has 1 atom stereocenters. The number of allylic oxidation sites excluding steroid dienone is 1. The Morgan fingerprint density at radius 1 is 1.33 bits per heavy atom. The molecule has 0 amide bonds. The third-order valence-electron chi connectivity index (χ3n) is 3.55. The number of carbonyl (C=O) groups excluding carboxylic acids is 1. The molecule has 5 nitrogen and oxygen atoms in total. The molecule has 0 aromatic heterocycles. The quantitative estimate of drug-likeness (QED) is 0.748. The third kappa shape index (κ3) is 1.69. The van der Waals surface area contributed by atoms with E-state index >= 15 is 0 Å². The second kappa shape index (κ2) is 4.30. The molecule has 1 unspecified atom stereocenters. The molecule has 2 heterocycles. The van der Waals surface area contributed by atoms with Gasteiger partial charge in [-0.3, -0.25) is 4.79 Å². The largest absolute Gasteiger partial charge is 0.482 e. The van der Waals surface area contributed by atoms with E-state index in [0.29, 0.717) is 24.7 Å². The predicted octanol–water partition coefficient (Wildman–Crippen LogP) is 1.55. The van der Waals surface area contributed by atoms with Crippen LogP contribution in [-0.4, -0.2) is 42.9 Å². The Balaban J connectivity index is 2.56. The van der Waals surface area contributed by atoms with Gasteiger partial charge in [-0.15, -0.1) is 0 Å². The van der Waals surface area contributed by atoms with E-state index in [1.807, 2.05) is 25.7 Å². The number of rotatable bonds is 2. The van der Waals surface area contributed by atoms with E-state index in [1.54, 1.807) is 14.2 Å². The summed E-state index contributed by atoms with van der Waals surface area (Å²) in [5, 5.41) is 0. The fourth-order valence-corrected chi connectivity index (χ4v) is 2.65. The molecular formula is C13H20N2O3. The third-order valence-corrected chi connectivity index (χ3v) is 3.55. The number of hydrogen-bond acceptors (Lipinski definition) is 5. The van der Waals surface area contributed by atoms with Gasteiger partial charge in [-0.2, -0.15) is 0 Å². The summed E-state index contributed by atoms with van der Waals surface area (Å²) in [7, 11) is 3.22. The van der Waals surface area contributed by atoms with E-state index < -0.39 is 5.54 Å². The van der Waals surface area contributed by atoms with Crippen molar-refractivity contribution in [3.63, 3.8) is 0 Å². The Hall–Kier alpha value is -1.52. The number of ketones is 1. The number of Topliss-reactive ketones (excluding diaryl/α,β-unsaturated/α-hetero) is 1. The van der Waals surface area contributed by atoms with Crippen molar-refractivity contribution in [2.75, 3.05) is 20.8 Å². The molecule has 0 bridgehead atoms. The molecule has 0 aromatic carbocycles. The van der Waals surface area contributed by atoms with Crippen molar-refractivity contribution in [1.82, 2.24) is 4.90 Å². The zero-order valence-electron chi connectivity index (χ0n) is 11.6. The molecule has 0 aromatic rings. The van der Waals surface area contributed by atoms with Gasteiger partial charge in [0.05, 0.1) is 20.8 Å². The molecule has 1 fully saturated rings. The van der Waals surface area contributed by atoms with Gasteiger partial charge in [-0.05, 0) is 6.92 Å². The Kier molecular flexibility index (Phi) is 3.09. The minimum absolute atomic E-state index is 0.182. The van der Waals surface area contributed by atoms with Crippen LogP contribution >= 0.6 is 0 Å². The number of nitrogens with zero attached hydrogens (tertiary/aromatic N) is 2. The van der Waals surface area contributed by atoms with Crippen molar-refractivity contribution >= 4 is 11.7 Å². The van der Waals surface area contributed by atoms with Gasteiger partial charge in [0.1, 0.15) is 11.2 Å². The summed E-state index contributed by atoms with van der Waals surface area (Å²) in [4.78, 5) is 18.3. The van der Waals surface area contributed by atoms with Crippen LogP contribution in [0.1, 0.15) is 27.2 Å². The van der Waals surface area contributed by atoms with Crippen molar-refractivity contribution in [3.05, 3.63) is 11.6 Å². The number of fused-ring (bicyclic) bond motifs is 1. The lowest BCUT2D eigenvalue weighted by atomic mass is 9.95. The van der Waals surface area contributed by atoms with Crippen molar-refractivity contribution in [3.8, 4) is 0 Å². The van der Waals surface area contributed by atoms with Crippen LogP contribution in [0.25, 0.3) is 0 Å². The first-order valence-corrected chi connectivity index (χ1v) is 6.14. The smallest absolute Gasteiger partial charge is 0.215 e. The average molecular weight is 252 g/mol. The van der Waals surface area contributed by atoms with Crippen molar-refractivity contribution in [2.24, 2.45) is 10.9 Å². The Bertz CT molecular complexity index is 440. The molecule has 2 aliphatic rings. The highest BCUT2D eigenvalue weighted by molar-refractivity contribution is 5.98. The molecule has 100 valence electrons. The zero-order chi connectivity index (χ0) is 13.5. The minimum Gasteiger partial charge on any atom is -0.482 e. The first kappa shape index (κ1) is 12.9. The van der Waals surface area contributed by atoms with E-state index in [2.05, 4.69) is 4.99 Å². The van der Waals surface area contributed by atoms with E-state index in [4.69, 9.17) is 9.47 Å². The molecule has 0 radical (unpaired) electrons. The Labute approximate surface area is 107 Å².